The summed E-state index contributed by atoms with van der Waals surface area (Å²) in [6, 6.07) is 19.0. The van der Waals surface area contributed by atoms with Gasteiger partial charge in [-0.2, -0.15) is 0 Å². The van der Waals surface area contributed by atoms with E-state index in [1.54, 1.807) is 24.5 Å². The van der Waals surface area contributed by atoms with Crippen molar-refractivity contribution in [3.8, 4) is 22.3 Å². The number of carboxylic acids is 1. The second kappa shape index (κ2) is 5.59. The van der Waals surface area contributed by atoms with E-state index in [0.29, 0.717) is 5.56 Å². The first-order valence-electron chi connectivity index (χ1n) is 6.58. The van der Waals surface area contributed by atoms with Crippen molar-refractivity contribution in [3.05, 3.63) is 78.6 Å². The topological polar surface area (TPSA) is 50.2 Å². The number of aromatic nitrogens is 1. The van der Waals surface area contributed by atoms with Gasteiger partial charge < -0.3 is 5.11 Å². The van der Waals surface area contributed by atoms with Gasteiger partial charge in [-0.1, -0.05) is 36.4 Å². The van der Waals surface area contributed by atoms with Crippen molar-refractivity contribution < 1.29 is 9.90 Å². The minimum atomic E-state index is -0.908. The number of rotatable bonds is 3. The summed E-state index contributed by atoms with van der Waals surface area (Å²) in [6.45, 7) is 0. The first-order chi connectivity index (χ1) is 10.2. The molecule has 0 atom stereocenters. The number of benzene rings is 2. The van der Waals surface area contributed by atoms with Crippen LogP contribution in [0, 0.1) is 0 Å². The van der Waals surface area contributed by atoms with Crippen LogP contribution in [-0.2, 0) is 0 Å². The third kappa shape index (κ3) is 2.82. The average Bonchev–Trinajstić information content (AvgIpc) is 2.56. The molecule has 0 radical (unpaired) electrons. The Kier molecular flexibility index (Phi) is 3.48. The Labute approximate surface area is 122 Å². The fraction of sp³-hybridized carbons (Fsp3) is 0. The first kappa shape index (κ1) is 13.1. The van der Waals surface area contributed by atoms with Crippen LogP contribution < -0.4 is 0 Å². The van der Waals surface area contributed by atoms with E-state index in [1.165, 1.54) is 0 Å². The zero-order chi connectivity index (χ0) is 14.7. The molecule has 0 aliphatic carbocycles. The molecule has 0 fully saturated rings. The van der Waals surface area contributed by atoms with E-state index < -0.39 is 5.97 Å². The molecule has 21 heavy (non-hydrogen) atoms. The molecule has 0 aliphatic rings. The molecule has 0 saturated carbocycles. The lowest BCUT2D eigenvalue weighted by atomic mass is 10.0. The van der Waals surface area contributed by atoms with Gasteiger partial charge in [-0.05, 0) is 46.5 Å². The van der Waals surface area contributed by atoms with Gasteiger partial charge in [0.2, 0.25) is 0 Å². The molecule has 2 aromatic carbocycles. The molecule has 3 heteroatoms. The smallest absolute Gasteiger partial charge is 0.335 e. The summed E-state index contributed by atoms with van der Waals surface area (Å²) in [5.74, 6) is -0.908. The molecule has 3 nitrogen and oxygen atoms in total. The van der Waals surface area contributed by atoms with E-state index in [2.05, 4.69) is 17.1 Å². The zero-order valence-corrected chi connectivity index (χ0v) is 11.2. The molecular formula is C18H13NO2. The minimum absolute atomic E-state index is 0.298. The summed E-state index contributed by atoms with van der Waals surface area (Å²) in [4.78, 5) is 14.9. The third-order valence-corrected chi connectivity index (χ3v) is 3.36. The lowest BCUT2D eigenvalue weighted by Gasteiger charge is -2.05. The van der Waals surface area contributed by atoms with E-state index in [9.17, 15) is 4.79 Å². The Morgan fingerprint density at radius 3 is 1.48 bits per heavy atom. The Morgan fingerprint density at radius 1 is 0.667 bits per heavy atom. The van der Waals surface area contributed by atoms with E-state index >= 15 is 0 Å². The third-order valence-electron chi connectivity index (χ3n) is 3.36. The molecule has 0 aliphatic heterocycles. The monoisotopic (exact) mass is 275 g/mol. The van der Waals surface area contributed by atoms with Crippen LogP contribution in [0.3, 0.4) is 0 Å². The zero-order valence-electron chi connectivity index (χ0n) is 11.2. The molecule has 1 N–H and O–H groups in total. The van der Waals surface area contributed by atoms with Crippen LogP contribution >= 0.6 is 0 Å². The number of hydrogen-bond acceptors (Lipinski definition) is 2. The predicted molar refractivity (Wildman–Crippen MR) is 82.1 cm³/mol. The van der Waals surface area contributed by atoms with Crippen molar-refractivity contribution in [1.29, 1.82) is 0 Å². The summed E-state index contributed by atoms with van der Waals surface area (Å²) in [5.41, 5.74) is 4.61. The van der Waals surface area contributed by atoms with Crippen LogP contribution in [0.5, 0.6) is 0 Å². The maximum Gasteiger partial charge on any atom is 0.335 e. The highest BCUT2D eigenvalue weighted by molar-refractivity contribution is 5.88. The maximum atomic E-state index is 10.8. The highest BCUT2D eigenvalue weighted by atomic mass is 16.4. The number of nitrogens with zero attached hydrogens (tertiary/aromatic N) is 1. The van der Waals surface area contributed by atoms with E-state index in [0.717, 1.165) is 22.3 Å². The van der Waals surface area contributed by atoms with Crippen LogP contribution in [0.4, 0.5) is 0 Å². The summed E-state index contributed by atoms with van der Waals surface area (Å²) < 4.78 is 0. The molecule has 3 aromatic rings. The van der Waals surface area contributed by atoms with Crippen molar-refractivity contribution in [2.75, 3.05) is 0 Å². The lowest BCUT2D eigenvalue weighted by molar-refractivity contribution is 0.0697. The number of carboxylic acid groups (broad SMARTS) is 1. The van der Waals surface area contributed by atoms with Crippen LogP contribution in [0.1, 0.15) is 10.4 Å². The molecule has 0 saturated heterocycles. The number of aromatic carboxylic acids is 1. The second-order valence-electron chi connectivity index (χ2n) is 4.70. The van der Waals surface area contributed by atoms with E-state index in [-0.39, 0.29) is 0 Å². The summed E-state index contributed by atoms with van der Waals surface area (Å²) in [7, 11) is 0. The Balaban J connectivity index is 1.89. The van der Waals surface area contributed by atoms with Crippen molar-refractivity contribution in [3.63, 3.8) is 0 Å². The van der Waals surface area contributed by atoms with Gasteiger partial charge >= 0.3 is 5.97 Å². The normalized spacial score (nSPS) is 10.3. The highest BCUT2D eigenvalue weighted by Crippen LogP contribution is 2.24. The van der Waals surface area contributed by atoms with Crippen molar-refractivity contribution in [2.24, 2.45) is 0 Å². The highest BCUT2D eigenvalue weighted by Gasteiger charge is 2.03. The van der Waals surface area contributed by atoms with Gasteiger partial charge in [0, 0.05) is 12.4 Å². The van der Waals surface area contributed by atoms with Crippen LogP contribution in [0.15, 0.2) is 73.1 Å². The van der Waals surface area contributed by atoms with Gasteiger partial charge in [-0.15, -0.1) is 0 Å². The fourth-order valence-electron chi connectivity index (χ4n) is 2.20. The molecule has 0 spiro atoms. The molecule has 0 amide bonds. The Hall–Kier alpha value is -2.94. The predicted octanol–water partition coefficient (Wildman–Crippen LogP) is 4.11. The largest absolute Gasteiger partial charge is 0.478 e. The van der Waals surface area contributed by atoms with Crippen molar-refractivity contribution in [2.45, 2.75) is 0 Å². The standard InChI is InChI=1S/C18H13NO2/c20-18(21)17-7-5-14(6-8-17)13-1-3-15(4-2-13)16-9-11-19-12-10-16/h1-12H,(H,20,21). The molecule has 1 heterocycles. The SMILES string of the molecule is O=C(O)c1ccc(-c2ccc(-c3ccncc3)cc2)cc1. The van der Waals surface area contributed by atoms with E-state index in [1.807, 2.05) is 36.4 Å². The average molecular weight is 275 g/mol. The lowest BCUT2D eigenvalue weighted by Crippen LogP contribution is -1.94. The fourth-order valence-corrected chi connectivity index (χ4v) is 2.20. The number of pyridine rings is 1. The summed E-state index contributed by atoms with van der Waals surface area (Å²) in [5, 5.41) is 8.90. The minimum Gasteiger partial charge on any atom is -0.478 e. The quantitative estimate of drug-likeness (QED) is 0.782. The van der Waals surface area contributed by atoms with Gasteiger partial charge in [-0.3, -0.25) is 4.98 Å². The summed E-state index contributed by atoms with van der Waals surface area (Å²) >= 11 is 0. The van der Waals surface area contributed by atoms with Crippen molar-refractivity contribution >= 4 is 5.97 Å². The molecule has 3 rings (SSSR count). The van der Waals surface area contributed by atoms with E-state index in [4.69, 9.17) is 5.11 Å². The second-order valence-corrected chi connectivity index (χ2v) is 4.70. The number of carbonyl (C=O) groups is 1. The van der Waals surface area contributed by atoms with Crippen LogP contribution in [0.25, 0.3) is 22.3 Å². The molecular weight excluding hydrogens is 262 g/mol. The molecule has 0 bridgehead atoms. The van der Waals surface area contributed by atoms with Crippen LogP contribution in [-0.4, -0.2) is 16.1 Å². The summed E-state index contributed by atoms with van der Waals surface area (Å²) in [6.07, 6.45) is 3.54. The number of hydrogen-bond donors (Lipinski definition) is 1. The van der Waals surface area contributed by atoms with Gasteiger partial charge in [0.05, 0.1) is 5.56 Å². The molecule has 102 valence electrons. The Morgan fingerprint density at radius 2 is 1.05 bits per heavy atom. The Bertz CT molecular complexity index is 747. The van der Waals surface area contributed by atoms with Crippen LogP contribution in [0.2, 0.25) is 0 Å². The maximum absolute atomic E-state index is 10.8. The molecule has 0 unspecified atom stereocenters. The van der Waals surface area contributed by atoms with Crippen molar-refractivity contribution in [1.82, 2.24) is 4.98 Å². The van der Waals surface area contributed by atoms with Gasteiger partial charge in [0.1, 0.15) is 0 Å². The van der Waals surface area contributed by atoms with Gasteiger partial charge in [-0.25, -0.2) is 4.79 Å². The molecule has 1 aromatic heterocycles. The van der Waals surface area contributed by atoms with Gasteiger partial charge in [0.15, 0.2) is 0 Å². The van der Waals surface area contributed by atoms with Gasteiger partial charge in [0.25, 0.3) is 0 Å². The first-order valence-corrected chi connectivity index (χ1v) is 6.58.